The lowest BCUT2D eigenvalue weighted by Gasteiger charge is -2.09. The second-order valence-electron chi connectivity index (χ2n) is 5.35. The summed E-state index contributed by atoms with van der Waals surface area (Å²) < 4.78 is 10.7. The van der Waals surface area contributed by atoms with Crippen LogP contribution in [0.5, 0.6) is 11.5 Å². The summed E-state index contributed by atoms with van der Waals surface area (Å²) in [6, 6.07) is 12.9. The molecule has 2 aromatic rings. The molecule has 26 heavy (non-hydrogen) atoms. The number of allylic oxidation sites excluding steroid dienone is 2. The second kappa shape index (κ2) is 10.2. The number of ether oxygens (including phenoxy) is 2. The highest BCUT2D eigenvalue weighted by molar-refractivity contribution is 6.30. The van der Waals surface area contributed by atoms with Gasteiger partial charge < -0.3 is 14.9 Å². The van der Waals surface area contributed by atoms with Crippen LogP contribution in [0.3, 0.4) is 0 Å². The molecule has 0 saturated heterocycles. The Hall–Kier alpha value is -2.92. The van der Waals surface area contributed by atoms with Crippen molar-refractivity contribution in [2.45, 2.75) is 6.92 Å². The Balaban J connectivity index is 1.72. The Morgan fingerprint density at radius 1 is 1.15 bits per heavy atom. The predicted molar refractivity (Wildman–Crippen MR) is 104 cm³/mol. The quantitative estimate of drug-likeness (QED) is 0.545. The smallest absolute Gasteiger partial charge is 0.276 e. The highest BCUT2D eigenvalue weighted by Gasteiger charge is 2.04. The van der Waals surface area contributed by atoms with Crippen LogP contribution >= 0.6 is 11.6 Å². The predicted octanol–water partition coefficient (Wildman–Crippen LogP) is 3.88. The molecule has 0 atom stereocenters. The van der Waals surface area contributed by atoms with Crippen LogP contribution in [-0.4, -0.2) is 19.6 Å². The zero-order valence-corrected chi connectivity index (χ0v) is 15.4. The van der Waals surface area contributed by atoms with E-state index in [1.54, 1.807) is 37.6 Å². The van der Waals surface area contributed by atoms with E-state index >= 15 is 0 Å². The number of halogens is 1. The zero-order valence-electron chi connectivity index (χ0n) is 14.7. The summed E-state index contributed by atoms with van der Waals surface area (Å²) in [5, 5.41) is 0.632. The number of carbonyl (C=O) groups is 1. The average molecular weight is 373 g/mol. The van der Waals surface area contributed by atoms with Gasteiger partial charge in [0.25, 0.3) is 5.91 Å². The van der Waals surface area contributed by atoms with E-state index in [2.05, 4.69) is 10.9 Å². The van der Waals surface area contributed by atoms with Crippen LogP contribution in [-0.2, 0) is 4.79 Å². The lowest BCUT2D eigenvalue weighted by atomic mass is 10.2. The van der Waals surface area contributed by atoms with E-state index in [-0.39, 0.29) is 12.5 Å². The molecule has 0 saturated carbocycles. The first-order valence-corrected chi connectivity index (χ1v) is 8.37. The van der Waals surface area contributed by atoms with Crippen LogP contribution in [0.15, 0.2) is 60.8 Å². The van der Waals surface area contributed by atoms with Gasteiger partial charge in [0.2, 0.25) is 0 Å². The van der Waals surface area contributed by atoms with Crippen molar-refractivity contribution < 1.29 is 14.3 Å². The van der Waals surface area contributed by atoms with Gasteiger partial charge in [-0.25, -0.2) is 0 Å². The van der Waals surface area contributed by atoms with E-state index in [1.807, 2.05) is 43.3 Å². The molecule has 0 aromatic heterocycles. The summed E-state index contributed by atoms with van der Waals surface area (Å²) in [4.78, 5) is 11.7. The maximum atomic E-state index is 11.7. The number of hydrogen-bond acceptors (Lipinski definition) is 4. The van der Waals surface area contributed by atoms with Gasteiger partial charge in [0.15, 0.2) is 6.61 Å². The number of amides is 1. The van der Waals surface area contributed by atoms with Gasteiger partial charge in [0, 0.05) is 16.8 Å². The Morgan fingerprint density at radius 2 is 1.96 bits per heavy atom. The molecule has 0 heterocycles. The number of nitrogens with one attached hydrogen (secondary N) is 2. The normalized spacial score (nSPS) is 10.9. The average Bonchev–Trinajstić information content (AvgIpc) is 2.64. The van der Waals surface area contributed by atoms with Crippen molar-refractivity contribution in [1.82, 2.24) is 10.9 Å². The Bertz CT molecular complexity index is 803. The highest BCUT2D eigenvalue weighted by Crippen LogP contribution is 2.21. The minimum atomic E-state index is -0.294. The SMILES string of the molecule is COc1ccccc1/C=C/C=C/NNC(=O)COc1ccc(Cl)cc1C. The molecular formula is C20H21ClN2O3. The van der Waals surface area contributed by atoms with Gasteiger partial charge in [-0.15, -0.1) is 0 Å². The van der Waals surface area contributed by atoms with Gasteiger partial charge in [0.1, 0.15) is 11.5 Å². The van der Waals surface area contributed by atoms with Crippen LogP contribution in [0, 0.1) is 6.92 Å². The van der Waals surface area contributed by atoms with Gasteiger partial charge in [-0.1, -0.05) is 42.0 Å². The van der Waals surface area contributed by atoms with Crippen LogP contribution in [0.4, 0.5) is 0 Å². The maximum absolute atomic E-state index is 11.7. The maximum Gasteiger partial charge on any atom is 0.276 e. The van der Waals surface area contributed by atoms with Crippen molar-refractivity contribution in [2.75, 3.05) is 13.7 Å². The van der Waals surface area contributed by atoms with Crippen molar-refractivity contribution >= 4 is 23.6 Å². The van der Waals surface area contributed by atoms with Crippen molar-refractivity contribution in [3.05, 3.63) is 77.0 Å². The fourth-order valence-electron chi connectivity index (χ4n) is 2.14. The second-order valence-corrected chi connectivity index (χ2v) is 5.79. The molecule has 6 heteroatoms. The van der Waals surface area contributed by atoms with Crippen LogP contribution in [0.25, 0.3) is 6.08 Å². The molecule has 0 spiro atoms. The third-order valence-corrected chi connectivity index (χ3v) is 3.65. The van der Waals surface area contributed by atoms with Crippen molar-refractivity contribution in [3.63, 3.8) is 0 Å². The summed E-state index contributed by atoms with van der Waals surface area (Å²) in [5.74, 6) is 1.13. The van der Waals surface area contributed by atoms with Gasteiger partial charge >= 0.3 is 0 Å². The van der Waals surface area contributed by atoms with E-state index in [1.165, 1.54) is 0 Å². The Morgan fingerprint density at radius 3 is 2.73 bits per heavy atom. The zero-order chi connectivity index (χ0) is 18.8. The molecule has 0 bridgehead atoms. The molecule has 136 valence electrons. The number of hydrazine groups is 1. The summed E-state index contributed by atoms with van der Waals surface area (Å²) in [7, 11) is 1.63. The van der Waals surface area contributed by atoms with Crippen molar-refractivity contribution in [2.24, 2.45) is 0 Å². The molecule has 2 rings (SSSR count). The fourth-order valence-corrected chi connectivity index (χ4v) is 2.37. The largest absolute Gasteiger partial charge is 0.496 e. The summed E-state index contributed by atoms with van der Waals surface area (Å²) in [6.07, 6.45) is 7.12. The van der Waals surface area contributed by atoms with Gasteiger partial charge in [0.05, 0.1) is 7.11 Å². The standard InChI is InChI=1S/C20H21ClN2O3/c1-15-13-17(21)10-11-18(15)26-14-20(24)23-22-12-6-5-8-16-7-3-4-9-19(16)25-2/h3-13,22H,14H2,1-2H3,(H,23,24)/b8-5+,12-6+. The molecular weight excluding hydrogens is 352 g/mol. The number of rotatable bonds is 8. The molecule has 2 aromatic carbocycles. The molecule has 0 radical (unpaired) electrons. The topological polar surface area (TPSA) is 59.6 Å². The lowest BCUT2D eigenvalue weighted by molar-refractivity contribution is -0.123. The summed E-state index contributed by atoms with van der Waals surface area (Å²) >= 11 is 5.88. The Kier molecular flexibility index (Phi) is 7.58. The molecule has 5 nitrogen and oxygen atoms in total. The first kappa shape index (κ1) is 19.4. The van der Waals surface area contributed by atoms with E-state index in [4.69, 9.17) is 21.1 Å². The number of para-hydroxylation sites is 1. The third kappa shape index (κ3) is 6.18. The first-order chi connectivity index (χ1) is 12.6. The van der Waals surface area contributed by atoms with E-state index in [0.29, 0.717) is 10.8 Å². The van der Waals surface area contributed by atoms with Crippen LogP contribution in [0.1, 0.15) is 11.1 Å². The third-order valence-electron chi connectivity index (χ3n) is 3.41. The molecule has 0 aliphatic carbocycles. The van der Waals surface area contributed by atoms with Crippen molar-refractivity contribution in [3.8, 4) is 11.5 Å². The van der Waals surface area contributed by atoms with Crippen molar-refractivity contribution in [1.29, 1.82) is 0 Å². The summed E-state index contributed by atoms with van der Waals surface area (Å²) in [5.41, 5.74) is 7.06. The molecule has 0 aliphatic rings. The van der Waals surface area contributed by atoms with E-state index < -0.39 is 0 Å². The molecule has 2 N–H and O–H groups in total. The lowest BCUT2D eigenvalue weighted by Crippen LogP contribution is -2.37. The molecule has 0 unspecified atom stereocenters. The van der Waals surface area contributed by atoms with Gasteiger partial charge in [-0.2, -0.15) is 0 Å². The minimum absolute atomic E-state index is 0.0969. The fraction of sp³-hybridized carbons (Fsp3) is 0.150. The molecule has 0 aliphatic heterocycles. The van der Waals surface area contributed by atoms with E-state index in [0.717, 1.165) is 16.9 Å². The number of carbonyl (C=O) groups excluding carboxylic acids is 1. The highest BCUT2D eigenvalue weighted by atomic mass is 35.5. The van der Waals surface area contributed by atoms with Crippen LogP contribution < -0.4 is 20.3 Å². The number of hydrogen-bond donors (Lipinski definition) is 2. The number of methoxy groups -OCH3 is 1. The van der Waals surface area contributed by atoms with E-state index in [9.17, 15) is 4.79 Å². The Labute approximate surface area is 158 Å². The summed E-state index contributed by atoms with van der Waals surface area (Å²) in [6.45, 7) is 1.77. The number of benzene rings is 2. The number of aryl methyl sites for hydroxylation is 1. The molecule has 0 fully saturated rings. The van der Waals surface area contributed by atoms with Gasteiger partial charge in [-0.3, -0.25) is 10.2 Å². The monoisotopic (exact) mass is 372 g/mol. The van der Waals surface area contributed by atoms with Crippen LogP contribution in [0.2, 0.25) is 5.02 Å². The minimum Gasteiger partial charge on any atom is -0.496 e. The van der Waals surface area contributed by atoms with Gasteiger partial charge in [-0.05, 0) is 42.8 Å². The first-order valence-electron chi connectivity index (χ1n) is 7.99. The molecule has 1 amide bonds.